The van der Waals surface area contributed by atoms with E-state index in [1.54, 1.807) is 12.4 Å². The average Bonchev–Trinajstić information content (AvgIpc) is 2.58. The highest BCUT2D eigenvalue weighted by atomic mass is 14.9. The quantitative estimate of drug-likeness (QED) is 0.630. The van der Waals surface area contributed by atoms with Crippen molar-refractivity contribution >= 4 is 11.5 Å². The largest absolute Gasteiger partial charge is 0.387 e. The van der Waals surface area contributed by atoms with Gasteiger partial charge in [-0.1, -0.05) is 45.5 Å². The molecule has 116 valence electrons. The Morgan fingerprint density at radius 1 is 1.14 bits per heavy atom. The van der Waals surface area contributed by atoms with Crippen molar-refractivity contribution in [2.24, 2.45) is 10.7 Å². The Bertz CT molecular complexity index is 616. The lowest BCUT2D eigenvalue weighted by atomic mass is 10.0. The van der Waals surface area contributed by atoms with E-state index < -0.39 is 0 Å². The van der Waals surface area contributed by atoms with Crippen LogP contribution in [0.4, 0.5) is 0 Å². The van der Waals surface area contributed by atoms with Gasteiger partial charge in [-0.05, 0) is 35.7 Å². The molecular weight excluding hydrogens is 270 g/mol. The second kappa shape index (κ2) is 9.50. The molecule has 2 N–H and O–H groups in total. The normalized spacial score (nSPS) is 10.6. The molecule has 0 unspecified atom stereocenters. The molecule has 0 saturated carbocycles. The van der Waals surface area contributed by atoms with Crippen LogP contribution in [0.2, 0.25) is 0 Å². The molecule has 3 nitrogen and oxygen atoms in total. The SMILES string of the molecule is C=C(N=C(N)CCC)c1cccc(-c2ccncc2)c1.CC. The van der Waals surface area contributed by atoms with Crippen LogP contribution in [0.3, 0.4) is 0 Å². The summed E-state index contributed by atoms with van der Waals surface area (Å²) in [5.41, 5.74) is 9.78. The molecule has 2 rings (SSSR count). The number of aromatic nitrogens is 1. The second-order valence-electron chi connectivity index (χ2n) is 4.62. The number of aliphatic imine (C=N–C) groups is 1. The Hall–Kier alpha value is -2.42. The third kappa shape index (κ3) is 5.17. The highest BCUT2D eigenvalue weighted by Gasteiger charge is 2.02. The van der Waals surface area contributed by atoms with Gasteiger partial charge >= 0.3 is 0 Å². The third-order valence-corrected chi connectivity index (χ3v) is 2.99. The number of hydrogen-bond acceptors (Lipinski definition) is 2. The van der Waals surface area contributed by atoms with Crippen molar-refractivity contribution in [3.05, 3.63) is 60.9 Å². The molecule has 0 radical (unpaired) electrons. The van der Waals surface area contributed by atoms with Gasteiger partial charge in [0, 0.05) is 24.4 Å². The van der Waals surface area contributed by atoms with Crippen molar-refractivity contribution in [2.45, 2.75) is 33.6 Å². The fraction of sp³-hybridized carbons (Fsp3) is 0.263. The Kier molecular flexibility index (Phi) is 7.62. The highest BCUT2D eigenvalue weighted by molar-refractivity contribution is 5.86. The summed E-state index contributed by atoms with van der Waals surface area (Å²) < 4.78 is 0. The molecule has 2 aromatic rings. The molecule has 1 aromatic carbocycles. The fourth-order valence-corrected chi connectivity index (χ4v) is 1.97. The van der Waals surface area contributed by atoms with E-state index in [1.807, 2.05) is 38.1 Å². The Balaban J connectivity index is 0.00000116. The van der Waals surface area contributed by atoms with Crippen molar-refractivity contribution in [3.8, 4) is 11.1 Å². The summed E-state index contributed by atoms with van der Waals surface area (Å²) in [5, 5.41) is 0. The predicted molar refractivity (Wildman–Crippen MR) is 96.6 cm³/mol. The minimum Gasteiger partial charge on any atom is -0.387 e. The van der Waals surface area contributed by atoms with Crippen LogP contribution in [-0.4, -0.2) is 10.8 Å². The van der Waals surface area contributed by atoms with Gasteiger partial charge in [0.15, 0.2) is 0 Å². The summed E-state index contributed by atoms with van der Waals surface area (Å²) in [5.74, 6) is 0.631. The average molecular weight is 295 g/mol. The molecule has 0 fully saturated rings. The molecule has 0 atom stereocenters. The van der Waals surface area contributed by atoms with E-state index in [0.29, 0.717) is 11.5 Å². The van der Waals surface area contributed by atoms with E-state index in [2.05, 4.69) is 35.6 Å². The lowest BCUT2D eigenvalue weighted by Gasteiger charge is -2.06. The first-order valence-electron chi connectivity index (χ1n) is 7.73. The van der Waals surface area contributed by atoms with Gasteiger partial charge < -0.3 is 5.73 Å². The minimum atomic E-state index is 0.631. The zero-order valence-electron chi connectivity index (χ0n) is 13.7. The summed E-state index contributed by atoms with van der Waals surface area (Å²) in [7, 11) is 0. The smallest absolute Gasteiger partial charge is 0.0996 e. The van der Waals surface area contributed by atoms with E-state index in [-0.39, 0.29) is 0 Å². The number of nitrogens with two attached hydrogens (primary N) is 1. The molecular formula is C19H25N3. The monoisotopic (exact) mass is 295 g/mol. The number of nitrogens with zero attached hydrogens (tertiary/aromatic N) is 2. The van der Waals surface area contributed by atoms with Crippen molar-refractivity contribution < 1.29 is 0 Å². The predicted octanol–water partition coefficient (Wildman–Crippen LogP) is 4.90. The summed E-state index contributed by atoms with van der Waals surface area (Å²) in [6.45, 7) is 10.1. The van der Waals surface area contributed by atoms with Crippen LogP contribution >= 0.6 is 0 Å². The van der Waals surface area contributed by atoms with Crippen LogP contribution in [-0.2, 0) is 0 Å². The van der Waals surface area contributed by atoms with Gasteiger partial charge in [0.25, 0.3) is 0 Å². The van der Waals surface area contributed by atoms with Crippen LogP contribution in [0, 0.1) is 0 Å². The number of rotatable bonds is 5. The van der Waals surface area contributed by atoms with Gasteiger partial charge in [-0.3, -0.25) is 4.98 Å². The van der Waals surface area contributed by atoms with Crippen molar-refractivity contribution in [2.75, 3.05) is 0 Å². The molecule has 1 heterocycles. The lowest BCUT2D eigenvalue weighted by Crippen LogP contribution is -2.10. The minimum absolute atomic E-state index is 0.631. The molecule has 3 heteroatoms. The van der Waals surface area contributed by atoms with Crippen LogP contribution < -0.4 is 5.73 Å². The summed E-state index contributed by atoms with van der Waals surface area (Å²) in [6.07, 6.45) is 5.35. The lowest BCUT2D eigenvalue weighted by molar-refractivity contribution is 0.983. The number of pyridine rings is 1. The first-order chi connectivity index (χ1) is 10.7. The van der Waals surface area contributed by atoms with E-state index in [0.717, 1.165) is 29.5 Å². The summed E-state index contributed by atoms with van der Waals surface area (Å²) in [4.78, 5) is 8.39. The Labute approximate surface area is 133 Å². The van der Waals surface area contributed by atoms with E-state index >= 15 is 0 Å². The molecule has 0 bridgehead atoms. The van der Waals surface area contributed by atoms with Crippen molar-refractivity contribution in [1.82, 2.24) is 4.98 Å². The van der Waals surface area contributed by atoms with E-state index in [1.165, 1.54) is 0 Å². The number of benzene rings is 1. The molecule has 0 spiro atoms. The first-order valence-corrected chi connectivity index (χ1v) is 7.73. The van der Waals surface area contributed by atoms with Crippen LogP contribution in [0.1, 0.15) is 39.2 Å². The maximum atomic E-state index is 5.85. The third-order valence-electron chi connectivity index (χ3n) is 2.99. The van der Waals surface area contributed by atoms with Gasteiger partial charge in [0.1, 0.15) is 0 Å². The number of hydrogen-bond donors (Lipinski definition) is 1. The molecule has 1 aromatic heterocycles. The first kappa shape index (κ1) is 17.6. The zero-order valence-corrected chi connectivity index (χ0v) is 13.7. The Morgan fingerprint density at radius 3 is 2.45 bits per heavy atom. The van der Waals surface area contributed by atoms with Gasteiger partial charge in [0.2, 0.25) is 0 Å². The van der Waals surface area contributed by atoms with Crippen LogP contribution in [0.5, 0.6) is 0 Å². The highest BCUT2D eigenvalue weighted by Crippen LogP contribution is 2.23. The molecule has 0 amide bonds. The maximum absolute atomic E-state index is 5.85. The van der Waals surface area contributed by atoms with E-state index in [4.69, 9.17) is 5.73 Å². The molecule has 0 saturated heterocycles. The second-order valence-corrected chi connectivity index (χ2v) is 4.62. The topological polar surface area (TPSA) is 51.3 Å². The summed E-state index contributed by atoms with van der Waals surface area (Å²) >= 11 is 0. The standard InChI is InChI=1S/C17H19N3.C2H6/c1-3-5-17(18)20-13(2)15-6-4-7-16(12-15)14-8-10-19-11-9-14;1-2/h4,6-12H,2-3,5H2,1H3,(H2,18,20);1-2H3. The van der Waals surface area contributed by atoms with Crippen LogP contribution in [0.15, 0.2) is 60.4 Å². The van der Waals surface area contributed by atoms with Gasteiger partial charge in [0.05, 0.1) is 11.5 Å². The maximum Gasteiger partial charge on any atom is 0.0996 e. The van der Waals surface area contributed by atoms with E-state index in [9.17, 15) is 0 Å². The fourth-order valence-electron chi connectivity index (χ4n) is 1.97. The van der Waals surface area contributed by atoms with Gasteiger partial charge in [-0.25, -0.2) is 4.99 Å². The summed E-state index contributed by atoms with van der Waals surface area (Å²) in [6, 6.07) is 12.1. The zero-order chi connectivity index (χ0) is 16.4. The molecule has 0 aliphatic rings. The van der Waals surface area contributed by atoms with Crippen molar-refractivity contribution in [1.29, 1.82) is 0 Å². The van der Waals surface area contributed by atoms with Gasteiger partial charge in [-0.15, -0.1) is 0 Å². The molecule has 22 heavy (non-hydrogen) atoms. The number of amidine groups is 1. The van der Waals surface area contributed by atoms with Crippen molar-refractivity contribution in [3.63, 3.8) is 0 Å². The van der Waals surface area contributed by atoms with Crippen LogP contribution in [0.25, 0.3) is 16.8 Å². The molecule has 0 aliphatic carbocycles. The molecule has 0 aliphatic heterocycles. The van der Waals surface area contributed by atoms with Gasteiger partial charge in [-0.2, -0.15) is 0 Å². The Morgan fingerprint density at radius 2 is 1.82 bits per heavy atom.